The zero-order chi connectivity index (χ0) is 18.0. The number of ether oxygens (including phenoxy) is 3. The van der Waals surface area contributed by atoms with Gasteiger partial charge in [-0.25, -0.2) is 9.97 Å². The maximum atomic E-state index is 12.5. The molecular formula is C17H20N4O4. The van der Waals surface area contributed by atoms with E-state index in [1.807, 2.05) is 6.92 Å². The summed E-state index contributed by atoms with van der Waals surface area (Å²) >= 11 is 0. The van der Waals surface area contributed by atoms with Gasteiger partial charge in [-0.2, -0.15) is 0 Å². The molecule has 2 heterocycles. The molecule has 0 unspecified atom stereocenters. The number of amides is 1. The molecule has 1 aliphatic rings. The Hall–Kier alpha value is -3.03. The third-order valence-corrected chi connectivity index (χ3v) is 4.12. The summed E-state index contributed by atoms with van der Waals surface area (Å²) in [6, 6.07) is 3.52. The van der Waals surface area contributed by atoms with Crippen LogP contribution in [0.15, 0.2) is 18.5 Å². The minimum Gasteiger partial charge on any atom is -0.496 e. The first-order chi connectivity index (χ1) is 12.1. The molecule has 2 aromatic rings. The van der Waals surface area contributed by atoms with Crippen molar-refractivity contribution in [2.75, 3.05) is 38.1 Å². The zero-order valence-electron chi connectivity index (χ0n) is 14.6. The number of nitrogens with one attached hydrogen (secondary N) is 1. The average Bonchev–Trinajstić information content (AvgIpc) is 2.63. The van der Waals surface area contributed by atoms with Gasteiger partial charge in [0.2, 0.25) is 5.91 Å². The number of fused-ring (bicyclic) bond motifs is 1. The van der Waals surface area contributed by atoms with Crippen molar-refractivity contribution in [3.05, 3.63) is 29.7 Å². The van der Waals surface area contributed by atoms with Gasteiger partial charge in [0.05, 0.1) is 51.4 Å². The highest BCUT2D eigenvalue weighted by Crippen LogP contribution is 2.37. The molecule has 8 nitrogen and oxygen atoms in total. The Labute approximate surface area is 145 Å². The number of carbonyl (C=O) groups excluding carboxylic acids is 1. The van der Waals surface area contributed by atoms with Crippen LogP contribution in [0.5, 0.6) is 17.2 Å². The highest BCUT2D eigenvalue weighted by molar-refractivity contribution is 6.01. The van der Waals surface area contributed by atoms with Gasteiger partial charge in [0, 0.05) is 12.1 Å². The first-order valence-electron chi connectivity index (χ1n) is 7.73. The summed E-state index contributed by atoms with van der Waals surface area (Å²) in [6.07, 6.45) is 1.45. The molecule has 1 N–H and O–H groups in total. The standard InChI is InChI=1S/C17H20N4O4/c1-10-16-17(20-9-19-10)21(15(22)7-18-16)8-12-13(24-3)5-11(23-2)6-14(12)25-4/h5-6,9,18H,7-8H2,1-4H3. The molecule has 1 aliphatic heterocycles. The number of benzene rings is 1. The number of hydrogen-bond donors (Lipinski definition) is 1. The summed E-state index contributed by atoms with van der Waals surface area (Å²) in [6.45, 7) is 2.32. The first kappa shape index (κ1) is 16.8. The van der Waals surface area contributed by atoms with E-state index in [-0.39, 0.29) is 19.0 Å². The first-order valence-corrected chi connectivity index (χ1v) is 7.73. The Morgan fingerprint density at radius 1 is 1.12 bits per heavy atom. The van der Waals surface area contributed by atoms with Crippen molar-refractivity contribution in [1.82, 2.24) is 9.97 Å². The molecule has 25 heavy (non-hydrogen) atoms. The fraction of sp³-hybridized carbons (Fsp3) is 0.353. The van der Waals surface area contributed by atoms with Crippen LogP contribution in [-0.4, -0.2) is 43.7 Å². The third-order valence-electron chi connectivity index (χ3n) is 4.12. The van der Waals surface area contributed by atoms with Gasteiger partial charge in [0.15, 0.2) is 5.82 Å². The summed E-state index contributed by atoms with van der Waals surface area (Å²) in [5, 5.41) is 3.07. The van der Waals surface area contributed by atoms with Crippen LogP contribution in [0.1, 0.15) is 11.3 Å². The van der Waals surface area contributed by atoms with Crippen molar-refractivity contribution in [3.8, 4) is 17.2 Å². The van der Waals surface area contributed by atoms with Crippen molar-refractivity contribution in [2.45, 2.75) is 13.5 Å². The molecule has 0 radical (unpaired) electrons. The second-order valence-electron chi connectivity index (χ2n) is 5.50. The number of rotatable bonds is 5. The fourth-order valence-electron chi connectivity index (χ4n) is 2.81. The molecule has 0 aliphatic carbocycles. The number of anilines is 2. The smallest absolute Gasteiger partial charge is 0.247 e. The lowest BCUT2D eigenvalue weighted by molar-refractivity contribution is -0.117. The SMILES string of the molecule is COc1cc(OC)c(CN2C(=O)CNc3c(C)ncnc32)c(OC)c1. The van der Waals surface area contributed by atoms with Gasteiger partial charge in [-0.3, -0.25) is 9.69 Å². The summed E-state index contributed by atoms with van der Waals surface area (Å²) in [5.41, 5.74) is 2.29. The minimum atomic E-state index is -0.0921. The second-order valence-corrected chi connectivity index (χ2v) is 5.50. The maximum Gasteiger partial charge on any atom is 0.247 e. The van der Waals surface area contributed by atoms with Crippen molar-refractivity contribution in [3.63, 3.8) is 0 Å². The molecule has 0 saturated carbocycles. The molecule has 0 saturated heterocycles. The van der Waals surface area contributed by atoms with Crippen molar-refractivity contribution in [1.29, 1.82) is 0 Å². The van der Waals surface area contributed by atoms with Crippen LogP contribution in [0, 0.1) is 6.92 Å². The zero-order valence-corrected chi connectivity index (χ0v) is 14.6. The molecule has 1 aromatic heterocycles. The largest absolute Gasteiger partial charge is 0.496 e. The van der Waals surface area contributed by atoms with Gasteiger partial charge in [-0.1, -0.05) is 0 Å². The van der Waals surface area contributed by atoms with E-state index in [4.69, 9.17) is 14.2 Å². The third kappa shape index (κ3) is 3.02. The molecule has 132 valence electrons. The summed E-state index contributed by atoms with van der Waals surface area (Å²) < 4.78 is 16.2. The average molecular weight is 344 g/mol. The number of nitrogens with zero attached hydrogens (tertiary/aromatic N) is 3. The quantitative estimate of drug-likeness (QED) is 0.884. The van der Waals surface area contributed by atoms with Crippen LogP contribution < -0.4 is 24.4 Å². The number of methoxy groups -OCH3 is 3. The van der Waals surface area contributed by atoms with Crippen LogP contribution in [0.2, 0.25) is 0 Å². The fourth-order valence-corrected chi connectivity index (χ4v) is 2.81. The van der Waals surface area contributed by atoms with Gasteiger partial charge in [0.1, 0.15) is 23.6 Å². The van der Waals surface area contributed by atoms with Crippen LogP contribution in [0.3, 0.4) is 0 Å². The predicted molar refractivity (Wildman–Crippen MR) is 92.5 cm³/mol. The van der Waals surface area contributed by atoms with Crippen molar-refractivity contribution in [2.24, 2.45) is 0 Å². The van der Waals surface area contributed by atoms with E-state index in [1.54, 1.807) is 38.4 Å². The molecule has 1 aromatic carbocycles. The van der Waals surface area contributed by atoms with E-state index in [0.29, 0.717) is 23.1 Å². The molecule has 1 amide bonds. The molecule has 0 bridgehead atoms. The van der Waals surface area contributed by atoms with Gasteiger partial charge >= 0.3 is 0 Å². The Morgan fingerprint density at radius 2 is 1.80 bits per heavy atom. The predicted octanol–water partition coefficient (Wildman–Crippen LogP) is 1.77. The molecule has 8 heteroatoms. The lowest BCUT2D eigenvalue weighted by Gasteiger charge is -2.30. The van der Waals surface area contributed by atoms with E-state index in [1.165, 1.54) is 6.33 Å². The summed E-state index contributed by atoms with van der Waals surface area (Å²) in [7, 11) is 4.71. The highest BCUT2D eigenvalue weighted by atomic mass is 16.5. The molecule has 0 spiro atoms. The lowest BCUT2D eigenvalue weighted by atomic mass is 10.1. The van der Waals surface area contributed by atoms with Gasteiger partial charge in [-0.15, -0.1) is 0 Å². The summed E-state index contributed by atoms with van der Waals surface area (Å²) in [4.78, 5) is 22.5. The molecule has 0 fully saturated rings. The highest BCUT2D eigenvalue weighted by Gasteiger charge is 2.29. The summed E-state index contributed by atoms with van der Waals surface area (Å²) in [5.74, 6) is 2.22. The van der Waals surface area contributed by atoms with Crippen molar-refractivity contribution >= 4 is 17.4 Å². The van der Waals surface area contributed by atoms with E-state index in [9.17, 15) is 4.79 Å². The molecule has 3 rings (SSSR count). The van der Waals surface area contributed by atoms with Gasteiger partial charge < -0.3 is 19.5 Å². The van der Waals surface area contributed by atoms with Crippen LogP contribution in [-0.2, 0) is 11.3 Å². The van der Waals surface area contributed by atoms with E-state index in [2.05, 4.69) is 15.3 Å². The Bertz CT molecular complexity index is 784. The van der Waals surface area contributed by atoms with E-state index >= 15 is 0 Å². The van der Waals surface area contributed by atoms with Crippen LogP contribution in [0.25, 0.3) is 0 Å². The molecular weight excluding hydrogens is 324 g/mol. The Kier molecular flexibility index (Phi) is 4.60. The van der Waals surface area contributed by atoms with Gasteiger partial charge in [0.25, 0.3) is 0 Å². The molecule has 0 atom stereocenters. The maximum absolute atomic E-state index is 12.5. The topological polar surface area (TPSA) is 85.8 Å². The Balaban J connectivity index is 2.06. The van der Waals surface area contributed by atoms with E-state index < -0.39 is 0 Å². The number of carbonyl (C=O) groups is 1. The second kappa shape index (κ2) is 6.84. The van der Waals surface area contributed by atoms with E-state index in [0.717, 1.165) is 16.9 Å². The van der Waals surface area contributed by atoms with Crippen LogP contribution >= 0.6 is 0 Å². The number of aryl methyl sites for hydroxylation is 1. The van der Waals surface area contributed by atoms with Crippen molar-refractivity contribution < 1.29 is 19.0 Å². The van der Waals surface area contributed by atoms with Gasteiger partial charge in [-0.05, 0) is 6.92 Å². The number of aromatic nitrogens is 2. The normalized spacial score (nSPS) is 13.1. The van der Waals surface area contributed by atoms with Crippen LogP contribution in [0.4, 0.5) is 11.5 Å². The Morgan fingerprint density at radius 3 is 2.40 bits per heavy atom. The lowest BCUT2D eigenvalue weighted by Crippen LogP contribution is -2.40. The number of hydrogen-bond acceptors (Lipinski definition) is 7. The monoisotopic (exact) mass is 344 g/mol. The minimum absolute atomic E-state index is 0.0921.